The van der Waals surface area contributed by atoms with Crippen molar-refractivity contribution in [2.45, 2.75) is 52.5 Å². The molecular weight excluding hydrogens is 224 g/mol. The molecule has 0 atom stereocenters. The summed E-state index contributed by atoms with van der Waals surface area (Å²) in [6, 6.07) is 0.289. The number of hydrogen-bond donors (Lipinski definition) is 0. The Kier molecular flexibility index (Phi) is 5.00. The van der Waals surface area contributed by atoms with Crippen molar-refractivity contribution in [2.24, 2.45) is 0 Å². The maximum absolute atomic E-state index is 11.0. The Labute approximate surface area is 102 Å². The van der Waals surface area contributed by atoms with Crippen molar-refractivity contribution in [3.63, 3.8) is 0 Å². The van der Waals surface area contributed by atoms with Crippen molar-refractivity contribution in [2.75, 3.05) is 0 Å². The van der Waals surface area contributed by atoms with Crippen LogP contribution < -0.4 is 0 Å². The number of carbonyl (C=O) groups excluding carboxylic acids is 1. The van der Waals surface area contributed by atoms with E-state index in [1.807, 2.05) is 0 Å². The predicted molar refractivity (Wildman–Crippen MR) is 66.2 cm³/mol. The third kappa shape index (κ3) is 2.46. The summed E-state index contributed by atoms with van der Waals surface area (Å²) < 4.78 is 1.80. The Morgan fingerprint density at radius 1 is 1.38 bits per heavy atom. The van der Waals surface area contributed by atoms with Crippen LogP contribution in [-0.2, 0) is 6.42 Å². The quantitative estimate of drug-likeness (QED) is 0.714. The number of hydrogen-bond acceptors (Lipinski definition) is 2. The second-order valence-corrected chi connectivity index (χ2v) is 4.29. The third-order valence-corrected chi connectivity index (χ3v) is 3.23. The van der Waals surface area contributed by atoms with Crippen LogP contribution >= 0.6 is 11.6 Å². The van der Waals surface area contributed by atoms with Crippen molar-refractivity contribution in [3.05, 3.63) is 16.4 Å². The molecule has 0 aliphatic heterocycles. The molecule has 3 nitrogen and oxygen atoms in total. The maximum atomic E-state index is 11.0. The molecule has 1 heterocycles. The molecule has 0 N–H and O–H groups in total. The second kappa shape index (κ2) is 6.04. The van der Waals surface area contributed by atoms with Gasteiger partial charge >= 0.3 is 0 Å². The lowest BCUT2D eigenvalue weighted by atomic mass is 10.2. The lowest BCUT2D eigenvalue weighted by molar-refractivity contribution is 0.112. The highest BCUT2D eigenvalue weighted by atomic mass is 35.5. The second-order valence-electron chi connectivity index (χ2n) is 3.93. The highest BCUT2D eigenvalue weighted by molar-refractivity contribution is 6.32. The molecule has 0 amide bonds. The molecule has 1 aromatic rings. The van der Waals surface area contributed by atoms with Crippen LogP contribution in [0.4, 0.5) is 0 Å². The molecule has 0 radical (unpaired) electrons. The predicted octanol–water partition coefficient (Wildman–Crippen LogP) is 3.66. The van der Waals surface area contributed by atoms with E-state index >= 15 is 0 Å². The van der Waals surface area contributed by atoms with E-state index in [0.717, 1.165) is 37.7 Å². The van der Waals surface area contributed by atoms with Gasteiger partial charge in [-0.3, -0.25) is 4.79 Å². The van der Waals surface area contributed by atoms with E-state index in [4.69, 9.17) is 11.6 Å². The first-order valence-corrected chi connectivity index (χ1v) is 6.29. The third-order valence-electron chi connectivity index (χ3n) is 2.86. The number of halogens is 1. The molecule has 1 rings (SSSR count). The fraction of sp³-hybridized carbons (Fsp3) is 0.667. The van der Waals surface area contributed by atoms with Crippen LogP contribution in [0.3, 0.4) is 0 Å². The van der Waals surface area contributed by atoms with Gasteiger partial charge in [0, 0.05) is 0 Å². The van der Waals surface area contributed by atoms with Gasteiger partial charge in [0.2, 0.25) is 0 Å². The number of rotatable bonds is 6. The summed E-state index contributed by atoms with van der Waals surface area (Å²) in [6.07, 6.45) is 4.54. The molecule has 0 aliphatic carbocycles. The SMILES string of the molecule is CCCc1nn(C(CC)CC)c(Cl)c1C=O. The average molecular weight is 243 g/mol. The van der Waals surface area contributed by atoms with Gasteiger partial charge < -0.3 is 0 Å². The monoisotopic (exact) mass is 242 g/mol. The van der Waals surface area contributed by atoms with Gasteiger partial charge in [-0.25, -0.2) is 4.68 Å². The van der Waals surface area contributed by atoms with E-state index in [1.165, 1.54) is 0 Å². The molecule has 0 aromatic carbocycles. The van der Waals surface area contributed by atoms with Crippen molar-refractivity contribution < 1.29 is 4.79 Å². The van der Waals surface area contributed by atoms with Gasteiger partial charge in [0.05, 0.1) is 17.3 Å². The molecule has 90 valence electrons. The smallest absolute Gasteiger partial charge is 0.155 e. The molecule has 0 fully saturated rings. The lowest BCUT2D eigenvalue weighted by Crippen LogP contribution is -2.09. The van der Waals surface area contributed by atoms with Gasteiger partial charge in [-0.2, -0.15) is 5.10 Å². The summed E-state index contributed by atoms with van der Waals surface area (Å²) in [6.45, 7) is 6.27. The molecule has 0 saturated heterocycles. The fourth-order valence-corrected chi connectivity index (χ4v) is 2.21. The Hall–Kier alpha value is -0.830. The summed E-state index contributed by atoms with van der Waals surface area (Å²) in [7, 11) is 0. The van der Waals surface area contributed by atoms with Crippen molar-refractivity contribution >= 4 is 17.9 Å². The number of nitrogens with zero attached hydrogens (tertiary/aromatic N) is 2. The lowest BCUT2D eigenvalue weighted by Gasteiger charge is -2.13. The minimum atomic E-state index is 0.289. The van der Waals surface area contributed by atoms with Gasteiger partial charge in [-0.05, 0) is 19.3 Å². The molecule has 0 aliphatic rings. The molecule has 0 bridgehead atoms. The van der Waals surface area contributed by atoms with Crippen LogP contribution in [0.1, 0.15) is 62.1 Å². The topological polar surface area (TPSA) is 34.9 Å². The molecule has 0 unspecified atom stereocenters. The Morgan fingerprint density at radius 2 is 2.00 bits per heavy atom. The first kappa shape index (κ1) is 13.2. The summed E-state index contributed by atoms with van der Waals surface area (Å²) in [5.41, 5.74) is 1.39. The van der Waals surface area contributed by atoms with E-state index in [0.29, 0.717) is 10.7 Å². The molecule has 0 saturated carbocycles. The zero-order valence-corrected chi connectivity index (χ0v) is 10.9. The summed E-state index contributed by atoms with van der Waals surface area (Å²) >= 11 is 6.19. The normalized spacial score (nSPS) is 11.1. The Bertz CT molecular complexity index is 356. The Morgan fingerprint density at radius 3 is 2.44 bits per heavy atom. The van der Waals surface area contributed by atoms with Crippen molar-refractivity contribution in [3.8, 4) is 0 Å². The van der Waals surface area contributed by atoms with Crippen LogP contribution in [0.15, 0.2) is 0 Å². The van der Waals surface area contributed by atoms with Crippen LogP contribution in [0.2, 0.25) is 5.15 Å². The van der Waals surface area contributed by atoms with E-state index < -0.39 is 0 Å². The van der Waals surface area contributed by atoms with Crippen LogP contribution in [0.25, 0.3) is 0 Å². The minimum absolute atomic E-state index is 0.289. The number of aryl methyl sites for hydroxylation is 1. The van der Waals surface area contributed by atoms with E-state index in [9.17, 15) is 4.79 Å². The standard InChI is InChI=1S/C12H19ClN2O/c1-4-7-11-10(8-16)12(13)15(14-11)9(5-2)6-3/h8-9H,4-7H2,1-3H3. The van der Waals surface area contributed by atoms with E-state index in [2.05, 4.69) is 25.9 Å². The van der Waals surface area contributed by atoms with Crippen molar-refractivity contribution in [1.82, 2.24) is 9.78 Å². The zero-order chi connectivity index (χ0) is 12.1. The molecule has 0 spiro atoms. The highest BCUT2D eigenvalue weighted by Gasteiger charge is 2.19. The van der Waals surface area contributed by atoms with Gasteiger partial charge in [-0.15, -0.1) is 0 Å². The van der Waals surface area contributed by atoms with Gasteiger partial charge in [0.1, 0.15) is 5.15 Å². The average Bonchev–Trinajstić information content (AvgIpc) is 2.58. The van der Waals surface area contributed by atoms with Gasteiger partial charge in [-0.1, -0.05) is 38.8 Å². The van der Waals surface area contributed by atoms with Crippen LogP contribution in [-0.4, -0.2) is 16.1 Å². The zero-order valence-electron chi connectivity index (χ0n) is 10.2. The summed E-state index contributed by atoms with van der Waals surface area (Å²) in [5.74, 6) is 0. The fourth-order valence-electron chi connectivity index (χ4n) is 1.88. The molecular formula is C12H19ClN2O. The Balaban J connectivity index is 3.15. The molecule has 16 heavy (non-hydrogen) atoms. The van der Waals surface area contributed by atoms with Crippen LogP contribution in [0, 0.1) is 0 Å². The highest BCUT2D eigenvalue weighted by Crippen LogP contribution is 2.26. The molecule has 1 aromatic heterocycles. The largest absolute Gasteiger partial charge is 0.298 e. The number of aldehydes is 1. The summed E-state index contributed by atoms with van der Waals surface area (Å²) in [4.78, 5) is 11.0. The first-order chi connectivity index (χ1) is 7.69. The van der Waals surface area contributed by atoms with Crippen molar-refractivity contribution in [1.29, 1.82) is 0 Å². The maximum Gasteiger partial charge on any atom is 0.155 e. The summed E-state index contributed by atoms with van der Waals surface area (Å²) in [5, 5.41) is 4.96. The van der Waals surface area contributed by atoms with Gasteiger partial charge in [0.25, 0.3) is 0 Å². The first-order valence-electron chi connectivity index (χ1n) is 5.91. The number of carbonyl (C=O) groups is 1. The van der Waals surface area contributed by atoms with Crippen LogP contribution in [0.5, 0.6) is 0 Å². The van der Waals surface area contributed by atoms with Gasteiger partial charge in [0.15, 0.2) is 6.29 Å². The van der Waals surface area contributed by atoms with E-state index in [-0.39, 0.29) is 6.04 Å². The number of aromatic nitrogens is 2. The minimum Gasteiger partial charge on any atom is -0.298 e. The molecule has 4 heteroatoms. The van der Waals surface area contributed by atoms with E-state index in [1.54, 1.807) is 4.68 Å².